The molecule has 18 heteroatoms. The molecule has 7 N–H and O–H groups in total. The maximum Gasteiger partial charge on any atom is 0.320 e. The summed E-state index contributed by atoms with van der Waals surface area (Å²) in [6.45, 7) is 11.3. The third kappa shape index (κ3) is 13.6. The lowest BCUT2D eigenvalue weighted by Crippen LogP contribution is -2.49. The Morgan fingerprint density at radius 3 is 2.46 bits per heavy atom. The number of methoxy groups -OCH3 is 1. The van der Waals surface area contributed by atoms with Crippen molar-refractivity contribution >= 4 is 58.0 Å². The highest BCUT2D eigenvalue weighted by Gasteiger charge is 2.29. The van der Waals surface area contributed by atoms with Crippen LogP contribution in [0.1, 0.15) is 81.8 Å². The van der Waals surface area contributed by atoms with Crippen molar-refractivity contribution < 1.29 is 29.0 Å². The number of fused-ring (bicyclic) bond motifs is 1. The number of ether oxygens (including phenoxy) is 2. The fourth-order valence-electron chi connectivity index (χ4n) is 5.69. The zero-order chi connectivity index (χ0) is 41.4. The van der Waals surface area contributed by atoms with Crippen LogP contribution in [0.2, 0.25) is 0 Å². The minimum Gasteiger partial charge on any atom is -0.480 e. The number of nitrogen functional groups attached to an aromatic ring is 1. The molecule has 0 aliphatic carbocycles. The molecule has 4 rings (SSSR count). The summed E-state index contributed by atoms with van der Waals surface area (Å²) in [5.74, 6) is 0.335. The second kappa shape index (κ2) is 21.7. The highest BCUT2D eigenvalue weighted by Crippen LogP contribution is 2.26. The minimum absolute atomic E-state index is 0.0119. The molecule has 0 radical (unpaired) electrons. The van der Waals surface area contributed by atoms with Gasteiger partial charge in [-0.15, -0.1) is 0 Å². The van der Waals surface area contributed by atoms with E-state index in [-0.39, 0.29) is 72.7 Å². The number of thioether (sulfide) groups is 1. The van der Waals surface area contributed by atoms with Gasteiger partial charge in [0, 0.05) is 55.6 Å². The molecule has 3 heterocycles. The van der Waals surface area contributed by atoms with E-state index in [1.807, 2.05) is 52.0 Å². The van der Waals surface area contributed by atoms with Crippen LogP contribution in [0, 0.1) is 5.92 Å². The Bertz CT molecular complexity index is 1970. The summed E-state index contributed by atoms with van der Waals surface area (Å²) in [6.07, 6.45) is 4.00. The lowest BCUT2D eigenvalue weighted by atomic mass is 9.92. The molecule has 0 bridgehead atoms. The van der Waals surface area contributed by atoms with Gasteiger partial charge in [0.1, 0.15) is 12.4 Å². The Morgan fingerprint density at radius 1 is 1.04 bits per heavy atom. The number of amides is 3. The molecule has 0 saturated carbocycles. The van der Waals surface area contributed by atoms with Crippen molar-refractivity contribution in [1.29, 1.82) is 0 Å². The molecule has 0 saturated heterocycles. The number of anilines is 2. The molecule has 3 aromatic heterocycles. The van der Waals surface area contributed by atoms with E-state index in [1.165, 1.54) is 22.5 Å². The van der Waals surface area contributed by atoms with Crippen LogP contribution in [0.3, 0.4) is 0 Å². The Morgan fingerprint density at radius 2 is 1.79 bits per heavy atom. The van der Waals surface area contributed by atoms with Gasteiger partial charge in [0.05, 0.1) is 24.6 Å². The molecule has 0 aliphatic heterocycles. The van der Waals surface area contributed by atoms with Gasteiger partial charge in [-0.3, -0.25) is 24.4 Å². The van der Waals surface area contributed by atoms with Crippen molar-refractivity contribution in [3.05, 3.63) is 59.3 Å². The summed E-state index contributed by atoms with van der Waals surface area (Å²) < 4.78 is 12.0. The number of nitrogens with two attached hydrogens (primary N) is 1. The highest BCUT2D eigenvalue weighted by atomic mass is 32.2. The molecule has 2 atom stereocenters. The normalized spacial score (nSPS) is 12.7. The monoisotopic (exact) mass is 805 g/mol. The van der Waals surface area contributed by atoms with E-state index in [9.17, 15) is 19.5 Å². The molecule has 0 spiro atoms. The summed E-state index contributed by atoms with van der Waals surface area (Å²) in [4.78, 5) is 56.4. The van der Waals surface area contributed by atoms with Gasteiger partial charge in [0.2, 0.25) is 11.8 Å². The number of nitrogens with one attached hydrogen (secondary N) is 4. The first-order chi connectivity index (χ1) is 27.3. The molecular formula is C39H55N11O6S. The summed E-state index contributed by atoms with van der Waals surface area (Å²) in [7, 11) is 1.56. The SMILES string of the molecule is CCCC(C)(CC)NC(=O)C(CSCCNC(=O)c1ccc(NN=C(C)C)nc1)CC(=O)NCc1ccc(Cn2c(O)nc3c(N)nc(OCCOC)nc32)cc1. The fourth-order valence-corrected chi connectivity index (χ4v) is 6.66. The molecule has 2 unspecified atom stereocenters. The van der Waals surface area contributed by atoms with Crippen LogP contribution in [0.25, 0.3) is 11.2 Å². The molecule has 0 aliphatic rings. The van der Waals surface area contributed by atoms with Gasteiger partial charge in [-0.25, -0.2) is 4.98 Å². The number of imidazole rings is 1. The predicted octanol–water partition coefficient (Wildman–Crippen LogP) is 4.26. The smallest absolute Gasteiger partial charge is 0.320 e. The average molecular weight is 806 g/mol. The van der Waals surface area contributed by atoms with E-state index in [0.29, 0.717) is 41.7 Å². The predicted molar refractivity (Wildman–Crippen MR) is 222 cm³/mol. The van der Waals surface area contributed by atoms with Crippen LogP contribution in [-0.4, -0.2) is 97.0 Å². The molecule has 3 amide bonds. The van der Waals surface area contributed by atoms with Gasteiger partial charge < -0.3 is 36.3 Å². The Labute approximate surface area is 337 Å². The van der Waals surface area contributed by atoms with Gasteiger partial charge in [0.25, 0.3) is 11.9 Å². The number of hydrazone groups is 1. The summed E-state index contributed by atoms with van der Waals surface area (Å²) >= 11 is 1.51. The third-order valence-corrected chi connectivity index (χ3v) is 10.2. The fraction of sp³-hybridized carbons (Fsp3) is 0.487. The second-order valence-electron chi connectivity index (χ2n) is 14.0. The number of nitrogens with zero attached hydrogens (tertiary/aromatic N) is 6. The van der Waals surface area contributed by atoms with E-state index in [4.69, 9.17) is 15.2 Å². The first kappa shape index (κ1) is 44.2. The third-order valence-electron chi connectivity index (χ3n) is 9.03. The number of hydrogen-bond acceptors (Lipinski definition) is 14. The maximum atomic E-state index is 13.6. The Balaban J connectivity index is 1.32. The second-order valence-corrected chi connectivity index (χ2v) is 15.1. The number of carbonyl (C=O) groups excluding carboxylic acids is 3. The zero-order valence-electron chi connectivity index (χ0n) is 33.6. The average Bonchev–Trinajstić information content (AvgIpc) is 3.50. The number of carbonyl (C=O) groups is 3. The van der Waals surface area contributed by atoms with Gasteiger partial charge >= 0.3 is 6.01 Å². The quantitative estimate of drug-likeness (QED) is 0.0350. The molecule has 0 fully saturated rings. The van der Waals surface area contributed by atoms with Crippen LogP contribution in [0.5, 0.6) is 12.0 Å². The van der Waals surface area contributed by atoms with Crippen LogP contribution >= 0.6 is 11.8 Å². The number of pyridine rings is 1. The van der Waals surface area contributed by atoms with Crippen molar-refractivity contribution in [3.8, 4) is 12.0 Å². The van der Waals surface area contributed by atoms with E-state index in [2.05, 4.69) is 53.3 Å². The number of aromatic hydroxyl groups is 1. The lowest BCUT2D eigenvalue weighted by Gasteiger charge is -2.31. The van der Waals surface area contributed by atoms with Crippen LogP contribution in [-0.2, 0) is 27.4 Å². The molecule has 4 aromatic rings. The molecule has 308 valence electrons. The summed E-state index contributed by atoms with van der Waals surface area (Å²) in [5, 5.41) is 23.7. The van der Waals surface area contributed by atoms with Gasteiger partial charge in [-0.2, -0.15) is 31.8 Å². The van der Waals surface area contributed by atoms with Crippen molar-refractivity contribution in [2.75, 3.05) is 49.5 Å². The van der Waals surface area contributed by atoms with E-state index in [0.717, 1.165) is 36.1 Å². The van der Waals surface area contributed by atoms with Crippen LogP contribution in [0.15, 0.2) is 47.7 Å². The molecule has 57 heavy (non-hydrogen) atoms. The molecule has 17 nitrogen and oxygen atoms in total. The standard InChI is InChI=1S/C39H55N11O6S/c1-7-15-39(5,8-2)47-36(53)29(24-57-19-16-41-35(52)28-13-14-30(42-22-28)49-48-25(3)4)20-31(51)43-21-26-9-11-27(12-10-26)23-50-34-32(44-38(50)54)33(40)45-37(46-34)56-18-17-55-6/h9-14,22,29H,7-8,15-21,23-24H2,1-6H3,(H,41,52)(H,42,49)(H,43,51)(H,44,54)(H,47,53)(H2,40,45,46). The van der Waals surface area contributed by atoms with Crippen LogP contribution < -0.4 is 31.8 Å². The van der Waals surface area contributed by atoms with Crippen molar-refractivity contribution in [2.24, 2.45) is 11.0 Å². The van der Waals surface area contributed by atoms with Crippen molar-refractivity contribution in [2.45, 2.75) is 78.9 Å². The first-order valence-electron chi connectivity index (χ1n) is 18.9. The maximum absolute atomic E-state index is 13.6. The number of benzene rings is 1. The van der Waals surface area contributed by atoms with Crippen molar-refractivity contribution in [3.63, 3.8) is 0 Å². The molecule has 1 aromatic carbocycles. The largest absolute Gasteiger partial charge is 0.480 e. The van der Waals surface area contributed by atoms with E-state index in [1.54, 1.807) is 19.2 Å². The minimum atomic E-state index is -0.573. The van der Waals surface area contributed by atoms with Crippen LogP contribution in [0.4, 0.5) is 11.6 Å². The summed E-state index contributed by atoms with van der Waals surface area (Å²) in [5.41, 5.74) is 12.1. The van der Waals surface area contributed by atoms with Gasteiger partial charge in [0.15, 0.2) is 17.0 Å². The Hall–Kier alpha value is -5.49. The zero-order valence-corrected chi connectivity index (χ0v) is 34.4. The highest BCUT2D eigenvalue weighted by molar-refractivity contribution is 7.99. The Kier molecular flexibility index (Phi) is 16.8. The van der Waals surface area contributed by atoms with Crippen molar-refractivity contribution in [1.82, 2.24) is 40.5 Å². The molecular weight excluding hydrogens is 751 g/mol. The number of rotatable bonds is 23. The van der Waals surface area contributed by atoms with Gasteiger partial charge in [-0.1, -0.05) is 44.5 Å². The first-order valence-corrected chi connectivity index (χ1v) is 20.1. The van der Waals surface area contributed by atoms with E-state index < -0.39 is 5.92 Å². The number of hydrogen-bond donors (Lipinski definition) is 6. The van der Waals surface area contributed by atoms with E-state index >= 15 is 0 Å². The summed E-state index contributed by atoms with van der Waals surface area (Å²) in [6, 6.07) is 10.7. The lowest BCUT2D eigenvalue weighted by molar-refractivity contribution is -0.131. The topological polar surface area (TPSA) is 233 Å². The van der Waals surface area contributed by atoms with Gasteiger partial charge in [-0.05, 0) is 56.9 Å². The number of aromatic nitrogens is 5.